The zero-order chi connectivity index (χ0) is 30.8. The molecule has 2 aromatic heterocycles. The molecule has 0 radical (unpaired) electrons. The number of rotatable bonds is 9. The standard InChI is InChI=1S/C32H36F3N5O3/c1-20-14-23(17-31(3,4)16-20)40-28-12-11-25(42-19-29(41)37-18-27-21(2)6-5-13-36-27)15-26(28)39-30(40)38-22-7-9-24(10-8-22)43-32(33,34)35/h5-13,15,20,23H,14,16-19H2,1-4H3,(H,37,41)(H,38,39)/t20?,23-/m1/s1. The van der Waals surface area contributed by atoms with Crippen LogP contribution in [0.15, 0.2) is 60.8 Å². The van der Waals surface area contributed by atoms with Crippen LogP contribution in [0.2, 0.25) is 0 Å². The Kier molecular flexibility index (Phi) is 8.52. The molecule has 43 heavy (non-hydrogen) atoms. The second kappa shape index (κ2) is 12.1. The Bertz CT molecular complexity index is 1580. The number of carbonyl (C=O) groups excluding carboxylic acids is 1. The second-order valence-corrected chi connectivity index (χ2v) is 12.1. The highest BCUT2D eigenvalue weighted by Crippen LogP contribution is 2.46. The highest BCUT2D eigenvalue weighted by atomic mass is 19.4. The van der Waals surface area contributed by atoms with Crippen molar-refractivity contribution in [2.75, 3.05) is 11.9 Å². The molecule has 2 N–H and O–H groups in total. The summed E-state index contributed by atoms with van der Waals surface area (Å²) in [7, 11) is 0. The van der Waals surface area contributed by atoms with Crippen LogP contribution in [0.4, 0.5) is 24.8 Å². The van der Waals surface area contributed by atoms with Crippen LogP contribution in [0.5, 0.6) is 11.5 Å². The van der Waals surface area contributed by atoms with Gasteiger partial charge in [0.05, 0.1) is 23.3 Å². The van der Waals surface area contributed by atoms with E-state index in [2.05, 4.69) is 45.7 Å². The van der Waals surface area contributed by atoms with Gasteiger partial charge in [-0.3, -0.25) is 9.78 Å². The zero-order valence-electron chi connectivity index (χ0n) is 24.7. The van der Waals surface area contributed by atoms with E-state index in [9.17, 15) is 18.0 Å². The number of aryl methyl sites for hydroxylation is 1. The van der Waals surface area contributed by atoms with E-state index in [0.29, 0.717) is 35.4 Å². The molecule has 8 nitrogen and oxygen atoms in total. The number of alkyl halides is 3. The van der Waals surface area contributed by atoms with E-state index in [0.717, 1.165) is 36.0 Å². The Morgan fingerprint density at radius 3 is 2.53 bits per heavy atom. The van der Waals surface area contributed by atoms with E-state index in [-0.39, 0.29) is 29.7 Å². The van der Waals surface area contributed by atoms with Crippen molar-refractivity contribution < 1.29 is 27.4 Å². The van der Waals surface area contributed by atoms with E-state index in [1.54, 1.807) is 12.3 Å². The zero-order valence-corrected chi connectivity index (χ0v) is 24.7. The van der Waals surface area contributed by atoms with Gasteiger partial charge in [0.15, 0.2) is 6.61 Å². The van der Waals surface area contributed by atoms with Crippen LogP contribution in [0.1, 0.15) is 57.3 Å². The number of halogens is 3. The van der Waals surface area contributed by atoms with Gasteiger partial charge in [0.25, 0.3) is 5.91 Å². The summed E-state index contributed by atoms with van der Waals surface area (Å²) >= 11 is 0. The number of fused-ring (bicyclic) bond motifs is 1. The maximum Gasteiger partial charge on any atom is 0.573 e. The molecule has 1 aliphatic carbocycles. The normalized spacial score (nSPS) is 18.3. The van der Waals surface area contributed by atoms with Crippen LogP contribution in [0.25, 0.3) is 11.0 Å². The van der Waals surface area contributed by atoms with Crippen molar-refractivity contribution in [2.45, 2.75) is 65.9 Å². The Hall–Kier alpha value is -4.28. The lowest BCUT2D eigenvalue weighted by Crippen LogP contribution is -2.29. The largest absolute Gasteiger partial charge is 0.573 e. The van der Waals surface area contributed by atoms with E-state index in [4.69, 9.17) is 9.72 Å². The van der Waals surface area contributed by atoms with Gasteiger partial charge in [0.1, 0.15) is 11.5 Å². The topological polar surface area (TPSA) is 90.3 Å². The number of imidazole rings is 1. The first-order valence-electron chi connectivity index (χ1n) is 14.3. The number of hydrogen-bond donors (Lipinski definition) is 2. The van der Waals surface area contributed by atoms with Gasteiger partial charge >= 0.3 is 6.36 Å². The molecular weight excluding hydrogens is 559 g/mol. The summed E-state index contributed by atoms with van der Waals surface area (Å²) in [4.78, 5) is 21.6. The van der Waals surface area contributed by atoms with E-state index >= 15 is 0 Å². The molecule has 2 heterocycles. The van der Waals surface area contributed by atoms with Gasteiger partial charge in [-0.15, -0.1) is 13.2 Å². The number of hydrogen-bond acceptors (Lipinski definition) is 6. The molecule has 0 spiro atoms. The fourth-order valence-electron chi connectivity index (χ4n) is 6.07. The molecule has 0 saturated heterocycles. The quantitative estimate of drug-likeness (QED) is 0.209. The van der Waals surface area contributed by atoms with Crippen LogP contribution in [0, 0.1) is 18.3 Å². The molecule has 228 valence electrons. The summed E-state index contributed by atoms with van der Waals surface area (Å²) in [5.74, 6) is 1.02. The molecule has 2 aromatic carbocycles. The van der Waals surface area contributed by atoms with Crippen molar-refractivity contribution in [3.05, 3.63) is 72.1 Å². The third-order valence-electron chi connectivity index (χ3n) is 7.67. The molecule has 0 aliphatic heterocycles. The third kappa shape index (κ3) is 7.77. The Morgan fingerprint density at radius 2 is 1.84 bits per heavy atom. The third-order valence-corrected chi connectivity index (χ3v) is 7.67. The predicted molar refractivity (Wildman–Crippen MR) is 158 cm³/mol. The lowest BCUT2D eigenvalue weighted by Gasteiger charge is -2.40. The molecule has 1 aliphatic rings. The first kappa shape index (κ1) is 30.2. The number of anilines is 2. The van der Waals surface area contributed by atoms with E-state index in [1.165, 1.54) is 24.3 Å². The lowest BCUT2D eigenvalue weighted by atomic mass is 9.70. The molecule has 11 heteroatoms. The highest BCUT2D eigenvalue weighted by Gasteiger charge is 2.35. The fraction of sp³-hybridized carbons (Fsp3) is 0.406. The second-order valence-electron chi connectivity index (χ2n) is 12.1. The van der Waals surface area contributed by atoms with Crippen LogP contribution in [0.3, 0.4) is 0 Å². The molecule has 0 bridgehead atoms. The molecule has 1 saturated carbocycles. The van der Waals surface area contributed by atoms with E-state index < -0.39 is 6.36 Å². The molecular formula is C32H36F3N5O3. The van der Waals surface area contributed by atoms with Gasteiger partial charge in [-0.05, 0) is 85.5 Å². The number of aromatic nitrogens is 3. The number of pyridine rings is 1. The minimum Gasteiger partial charge on any atom is -0.484 e. The number of nitrogens with one attached hydrogen (secondary N) is 2. The van der Waals surface area contributed by atoms with Gasteiger partial charge in [-0.2, -0.15) is 0 Å². The number of benzene rings is 2. The Morgan fingerprint density at radius 1 is 1.09 bits per heavy atom. The van der Waals surface area contributed by atoms with Crippen molar-refractivity contribution in [1.29, 1.82) is 0 Å². The number of amides is 1. The van der Waals surface area contributed by atoms with Crippen molar-refractivity contribution in [1.82, 2.24) is 19.9 Å². The number of ether oxygens (including phenoxy) is 2. The summed E-state index contributed by atoms with van der Waals surface area (Å²) in [6.07, 6.45) is -0.0274. The maximum atomic E-state index is 12.6. The highest BCUT2D eigenvalue weighted by molar-refractivity contribution is 5.82. The summed E-state index contributed by atoms with van der Waals surface area (Å²) in [6.45, 7) is 8.89. The van der Waals surface area contributed by atoms with Crippen molar-refractivity contribution in [3.63, 3.8) is 0 Å². The van der Waals surface area contributed by atoms with Crippen molar-refractivity contribution in [2.24, 2.45) is 11.3 Å². The van der Waals surface area contributed by atoms with Gasteiger partial charge in [-0.25, -0.2) is 4.98 Å². The smallest absolute Gasteiger partial charge is 0.484 e. The van der Waals surface area contributed by atoms with Gasteiger partial charge in [0, 0.05) is 24.0 Å². The van der Waals surface area contributed by atoms with Crippen LogP contribution in [-0.4, -0.2) is 33.4 Å². The average molecular weight is 596 g/mol. The Labute approximate surface area is 248 Å². The van der Waals surface area contributed by atoms with E-state index in [1.807, 2.05) is 31.2 Å². The minimum absolute atomic E-state index is 0.136. The minimum atomic E-state index is -4.76. The summed E-state index contributed by atoms with van der Waals surface area (Å²) in [5.41, 5.74) is 4.08. The van der Waals surface area contributed by atoms with Gasteiger partial charge in [0.2, 0.25) is 5.95 Å². The predicted octanol–water partition coefficient (Wildman–Crippen LogP) is 7.46. The van der Waals surface area contributed by atoms with Gasteiger partial charge < -0.3 is 24.7 Å². The van der Waals surface area contributed by atoms with Crippen LogP contribution in [-0.2, 0) is 11.3 Å². The monoisotopic (exact) mass is 595 g/mol. The molecule has 1 fully saturated rings. The summed E-state index contributed by atoms with van der Waals surface area (Å²) in [5, 5.41) is 6.13. The lowest BCUT2D eigenvalue weighted by molar-refractivity contribution is -0.274. The molecule has 1 unspecified atom stereocenters. The molecule has 1 amide bonds. The first-order valence-corrected chi connectivity index (χ1v) is 14.3. The fourth-order valence-corrected chi connectivity index (χ4v) is 6.07. The molecule has 2 atom stereocenters. The van der Waals surface area contributed by atoms with Crippen molar-refractivity contribution >= 4 is 28.6 Å². The maximum absolute atomic E-state index is 12.6. The summed E-state index contributed by atoms with van der Waals surface area (Å²) in [6, 6.07) is 15.1. The van der Waals surface area contributed by atoms with Crippen LogP contribution >= 0.6 is 0 Å². The van der Waals surface area contributed by atoms with Gasteiger partial charge in [-0.1, -0.05) is 26.8 Å². The van der Waals surface area contributed by atoms with Crippen LogP contribution < -0.4 is 20.1 Å². The number of carbonyl (C=O) groups is 1. The number of nitrogens with zero attached hydrogens (tertiary/aromatic N) is 3. The Balaban J connectivity index is 1.36. The average Bonchev–Trinajstić information content (AvgIpc) is 3.27. The molecule has 5 rings (SSSR count). The van der Waals surface area contributed by atoms with Crippen molar-refractivity contribution in [3.8, 4) is 11.5 Å². The first-order chi connectivity index (χ1) is 20.3. The summed E-state index contributed by atoms with van der Waals surface area (Å²) < 4.78 is 49.9. The molecule has 4 aromatic rings. The SMILES string of the molecule is Cc1cccnc1CNC(=O)COc1ccc2c(c1)nc(Nc1ccc(OC(F)(F)F)cc1)n2[C@@H]1CC(C)CC(C)(C)C1.